The Kier molecular flexibility index (Phi) is 7.29. The number of hydrogen-bond donors (Lipinski definition) is 3. The molecule has 1 aliphatic rings. The Labute approximate surface area is 195 Å². The number of halogens is 1. The van der Waals surface area contributed by atoms with E-state index >= 15 is 0 Å². The number of allylic oxidation sites excluding steroid dienone is 1. The summed E-state index contributed by atoms with van der Waals surface area (Å²) < 4.78 is 5.88. The third-order valence-electron chi connectivity index (χ3n) is 4.90. The molecule has 3 N–H and O–H groups in total. The van der Waals surface area contributed by atoms with Gasteiger partial charge in [-0.1, -0.05) is 34.1 Å². The van der Waals surface area contributed by atoms with Crippen molar-refractivity contribution in [3.63, 3.8) is 0 Å². The van der Waals surface area contributed by atoms with Crippen molar-refractivity contribution >= 4 is 56.6 Å². The summed E-state index contributed by atoms with van der Waals surface area (Å²) in [6, 6.07) is 13.8. The van der Waals surface area contributed by atoms with Crippen LogP contribution < -0.4 is 16.0 Å². The second-order valence-electron chi connectivity index (χ2n) is 6.83. The lowest BCUT2D eigenvalue weighted by molar-refractivity contribution is -0.136. The molecule has 0 saturated heterocycles. The molecule has 31 heavy (non-hydrogen) atoms. The van der Waals surface area contributed by atoms with Gasteiger partial charge in [0.15, 0.2) is 5.11 Å². The number of thiocarbonyl (C=S) groups is 1. The van der Waals surface area contributed by atoms with Crippen molar-refractivity contribution < 1.29 is 14.3 Å². The highest BCUT2D eigenvalue weighted by molar-refractivity contribution is 9.10. The first-order chi connectivity index (χ1) is 14.8. The molecule has 1 atom stereocenters. The minimum absolute atomic E-state index is 0.354. The van der Waals surface area contributed by atoms with E-state index in [0.29, 0.717) is 28.6 Å². The summed E-state index contributed by atoms with van der Waals surface area (Å²) in [6.45, 7) is 4.46. The molecule has 162 valence electrons. The molecule has 1 heterocycles. The zero-order valence-electron chi connectivity index (χ0n) is 17.4. The number of amides is 2. The van der Waals surface area contributed by atoms with Gasteiger partial charge < -0.3 is 25.6 Å². The van der Waals surface area contributed by atoms with Crippen molar-refractivity contribution in [2.24, 2.45) is 0 Å². The fourth-order valence-corrected chi connectivity index (χ4v) is 4.19. The molecule has 3 rings (SSSR count). The van der Waals surface area contributed by atoms with Crippen molar-refractivity contribution in [3.05, 3.63) is 69.8 Å². The van der Waals surface area contributed by atoms with Gasteiger partial charge in [0.05, 0.1) is 18.7 Å². The normalized spacial score (nSPS) is 15.9. The first kappa shape index (κ1) is 22.8. The van der Waals surface area contributed by atoms with Crippen LogP contribution in [0, 0.1) is 0 Å². The molecule has 0 spiro atoms. The van der Waals surface area contributed by atoms with E-state index in [1.165, 1.54) is 7.11 Å². The second-order valence-corrected chi connectivity index (χ2v) is 8.13. The van der Waals surface area contributed by atoms with Crippen LogP contribution in [0.1, 0.15) is 25.5 Å². The minimum atomic E-state index is -0.438. The molecule has 9 heteroatoms. The summed E-state index contributed by atoms with van der Waals surface area (Å²) in [4.78, 5) is 26.6. The molecule has 7 nitrogen and oxygen atoms in total. The van der Waals surface area contributed by atoms with Crippen LogP contribution in [0.25, 0.3) is 0 Å². The molecule has 1 unspecified atom stereocenters. The van der Waals surface area contributed by atoms with E-state index in [0.717, 1.165) is 15.7 Å². The molecule has 0 bridgehead atoms. The monoisotopic (exact) mass is 502 g/mol. The maximum atomic E-state index is 12.5. The SMILES string of the molecule is CCN1C(=S)NC(c2ccc(NC(=O)Nc3cccc(Br)c3)cc2)C(C(=O)OC)=C1C. The van der Waals surface area contributed by atoms with Crippen LogP contribution in [0.3, 0.4) is 0 Å². The van der Waals surface area contributed by atoms with Crippen LogP contribution in [0.4, 0.5) is 16.2 Å². The lowest BCUT2D eigenvalue weighted by atomic mass is 9.95. The average molecular weight is 503 g/mol. The van der Waals surface area contributed by atoms with Crippen molar-refractivity contribution in [2.75, 3.05) is 24.3 Å². The van der Waals surface area contributed by atoms with Gasteiger partial charge in [-0.3, -0.25) is 0 Å². The third-order valence-corrected chi connectivity index (χ3v) is 5.73. The van der Waals surface area contributed by atoms with Gasteiger partial charge in [-0.15, -0.1) is 0 Å². The number of nitrogens with zero attached hydrogens (tertiary/aromatic N) is 1. The zero-order valence-corrected chi connectivity index (χ0v) is 19.8. The quantitative estimate of drug-likeness (QED) is 0.402. The zero-order chi connectivity index (χ0) is 22.5. The molecule has 2 aromatic rings. The number of nitrogens with one attached hydrogen (secondary N) is 3. The van der Waals surface area contributed by atoms with Gasteiger partial charge in [0.2, 0.25) is 0 Å². The Morgan fingerprint density at radius 1 is 1.16 bits per heavy atom. The number of ether oxygens (including phenoxy) is 1. The van der Waals surface area contributed by atoms with Gasteiger partial charge >= 0.3 is 12.0 Å². The van der Waals surface area contributed by atoms with E-state index in [9.17, 15) is 9.59 Å². The van der Waals surface area contributed by atoms with E-state index in [2.05, 4.69) is 31.9 Å². The Morgan fingerprint density at radius 2 is 1.84 bits per heavy atom. The van der Waals surface area contributed by atoms with Gasteiger partial charge in [-0.05, 0) is 62.0 Å². The first-order valence-corrected chi connectivity index (χ1v) is 10.8. The number of rotatable bonds is 5. The molecule has 0 aromatic heterocycles. The van der Waals surface area contributed by atoms with Crippen LogP contribution in [0.2, 0.25) is 0 Å². The Balaban J connectivity index is 1.78. The maximum absolute atomic E-state index is 12.5. The number of benzene rings is 2. The summed E-state index contributed by atoms with van der Waals surface area (Å²) >= 11 is 8.85. The molecular weight excluding hydrogens is 480 g/mol. The number of methoxy groups -OCH3 is 1. The summed E-state index contributed by atoms with van der Waals surface area (Å²) in [6.07, 6.45) is 0. The van der Waals surface area contributed by atoms with Crippen LogP contribution in [-0.4, -0.2) is 35.7 Å². The summed E-state index contributed by atoms with van der Waals surface area (Å²) in [7, 11) is 1.36. The molecule has 1 aliphatic heterocycles. The first-order valence-electron chi connectivity index (χ1n) is 9.64. The van der Waals surface area contributed by atoms with E-state index in [-0.39, 0.29) is 6.03 Å². The number of carbonyl (C=O) groups excluding carboxylic acids is 2. The van der Waals surface area contributed by atoms with Crippen molar-refractivity contribution in [1.82, 2.24) is 10.2 Å². The fourth-order valence-electron chi connectivity index (χ4n) is 3.41. The maximum Gasteiger partial charge on any atom is 0.337 e. The number of hydrogen-bond acceptors (Lipinski definition) is 4. The second kappa shape index (κ2) is 9.93. The lowest BCUT2D eigenvalue weighted by Crippen LogP contribution is -2.47. The standard InChI is InChI=1S/C22H23BrN4O3S/c1-4-27-13(2)18(20(28)30-3)19(26-22(27)31)14-8-10-16(11-9-14)24-21(29)25-17-7-5-6-15(23)12-17/h5-12,19H,4H2,1-3H3,(H,26,31)(H2,24,25,29). The molecule has 0 aliphatic carbocycles. The smallest absolute Gasteiger partial charge is 0.337 e. The highest BCUT2D eigenvalue weighted by Crippen LogP contribution is 2.31. The number of esters is 1. The summed E-state index contributed by atoms with van der Waals surface area (Å²) in [5, 5.41) is 9.34. The van der Waals surface area contributed by atoms with Crippen molar-refractivity contribution in [3.8, 4) is 0 Å². The van der Waals surface area contributed by atoms with Gasteiger partial charge in [0.1, 0.15) is 0 Å². The number of carbonyl (C=O) groups is 2. The van der Waals surface area contributed by atoms with Gasteiger partial charge in [0.25, 0.3) is 0 Å². The lowest BCUT2D eigenvalue weighted by Gasteiger charge is -2.36. The highest BCUT2D eigenvalue weighted by atomic mass is 79.9. The van der Waals surface area contributed by atoms with E-state index in [1.54, 1.807) is 18.2 Å². The molecule has 0 radical (unpaired) electrons. The van der Waals surface area contributed by atoms with Crippen molar-refractivity contribution in [2.45, 2.75) is 19.9 Å². The molecule has 0 saturated carbocycles. The predicted octanol–water partition coefficient (Wildman–Crippen LogP) is 4.79. The number of anilines is 2. The molecule has 2 aromatic carbocycles. The Bertz CT molecular complexity index is 1040. The third kappa shape index (κ3) is 5.23. The molecule has 0 fully saturated rings. The minimum Gasteiger partial charge on any atom is -0.466 e. The Hall–Kier alpha value is -2.91. The summed E-state index contributed by atoms with van der Waals surface area (Å²) in [5.41, 5.74) is 3.39. The van der Waals surface area contributed by atoms with Crippen LogP contribution in [0.15, 0.2) is 64.3 Å². The Morgan fingerprint density at radius 3 is 2.45 bits per heavy atom. The van der Waals surface area contributed by atoms with Crippen LogP contribution in [0.5, 0.6) is 0 Å². The largest absolute Gasteiger partial charge is 0.466 e. The fraction of sp³-hybridized carbons (Fsp3) is 0.227. The topological polar surface area (TPSA) is 82.7 Å². The molecule has 2 amide bonds. The predicted molar refractivity (Wildman–Crippen MR) is 129 cm³/mol. The van der Waals surface area contributed by atoms with E-state index in [1.807, 2.05) is 49.1 Å². The summed E-state index contributed by atoms with van der Waals surface area (Å²) in [5.74, 6) is -0.411. The molecular formula is C22H23BrN4O3S. The van der Waals surface area contributed by atoms with E-state index < -0.39 is 12.0 Å². The van der Waals surface area contributed by atoms with Gasteiger partial charge in [0, 0.05) is 28.1 Å². The van der Waals surface area contributed by atoms with Gasteiger partial charge in [-0.25, -0.2) is 9.59 Å². The van der Waals surface area contributed by atoms with Crippen molar-refractivity contribution in [1.29, 1.82) is 0 Å². The van der Waals surface area contributed by atoms with Crippen LogP contribution in [-0.2, 0) is 9.53 Å². The van der Waals surface area contributed by atoms with Gasteiger partial charge in [-0.2, -0.15) is 0 Å². The average Bonchev–Trinajstić information content (AvgIpc) is 2.73. The van der Waals surface area contributed by atoms with Crippen LogP contribution >= 0.6 is 28.1 Å². The highest BCUT2D eigenvalue weighted by Gasteiger charge is 2.33. The van der Waals surface area contributed by atoms with E-state index in [4.69, 9.17) is 17.0 Å². The number of urea groups is 1.